The molecule has 0 radical (unpaired) electrons. The molecule has 0 aliphatic rings. The minimum atomic E-state index is -0.398. The van der Waals surface area contributed by atoms with Gasteiger partial charge in [0.05, 0.1) is 12.5 Å². The third-order valence-corrected chi connectivity index (χ3v) is 5.35. The average molecular weight is 409 g/mol. The number of rotatable bonds is 7. The van der Waals surface area contributed by atoms with Crippen LogP contribution in [0.15, 0.2) is 54.6 Å². The first-order valence-corrected chi connectivity index (χ1v) is 10.3. The summed E-state index contributed by atoms with van der Waals surface area (Å²) < 4.78 is 0. The van der Waals surface area contributed by atoms with Crippen molar-refractivity contribution in [2.75, 3.05) is 5.32 Å². The van der Waals surface area contributed by atoms with Gasteiger partial charge in [0.1, 0.15) is 5.01 Å². The van der Waals surface area contributed by atoms with Crippen LogP contribution in [0, 0.1) is 0 Å². The summed E-state index contributed by atoms with van der Waals surface area (Å²) in [5, 5.41) is 15.1. The van der Waals surface area contributed by atoms with Crippen molar-refractivity contribution in [2.45, 2.75) is 39.2 Å². The molecule has 29 heavy (non-hydrogen) atoms. The number of anilines is 1. The third kappa shape index (κ3) is 5.71. The van der Waals surface area contributed by atoms with Gasteiger partial charge in [-0.3, -0.25) is 9.59 Å². The summed E-state index contributed by atoms with van der Waals surface area (Å²) in [7, 11) is 0. The fourth-order valence-electron chi connectivity index (χ4n) is 2.94. The van der Waals surface area contributed by atoms with Crippen LogP contribution in [0.3, 0.4) is 0 Å². The lowest BCUT2D eigenvalue weighted by molar-refractivity contribution is -0.120. The normalized spacial score (nSPS) is 11.9. The zero-order valence-corrected chi connectivity index (χ0v) is 17.5. The van der Waals surface area contributed by atoms with E-state index in [1.165, 1.54) is 23.8 Å². The lowest BCUT2D eigenvalue weighted by atomic mass is 10.0. The lowest BCUT2D eigenvalue weighted by Crippen LogP contribution is -2.29. The SMILES string of the molecule is CC(=O)NC(CC(=O)Nc1nnc(-c2ccc(C(C)C)cc2)s1)c1ccccc1. The molecule has 7 heteroatoms. The van der Waals surface area contributed by atoms with Gasteiger partial charge in [0.25, 0.3) is 0 Å². The van der Waals surface area contributed by atoms with Gasteiger partial charge >= 0.3 is 0 Å². The second-order valence-electron chi connectivity index (χ2n) is 7.11. The first kappa shape index (κ1) is 20.7. The maximum absolute atomic E-state index is 12.5. The molecule has 6 nitrogen and oxygen atoms in total. The van der Waals surface area contributed by atoms with E-state index in [0.717, 1.165) is 16.1 Å². The van der Waals surface area contributed by atoms with Gasteiger partial charge in [0.2, 0.25) is 16.9 Å². The number of carbonyl (C=O) groups is 2. The molecule has 0 saturated heterocycles. The standard InChI is InChI=1S/C22H24N4O2S/c1-14(2)16-9-11-18(12-10-16)21-25-26-22(29-21)24-20(28)13-19(23-15(3)27)17-7-5-4-6-8-17/h4-12,14,19H,13H2,1-3H3,(H,23,27)(H,24,26,28). The molecule has 1 heterocycles. The van der Waals surface area contributed by atoms with Crippen molar-refractivity contribution >= 4 is 28.3 Å². The second-order valence-corrected chi connectivity index (χ2v) is 8.08. The Kier molecular flexibility index (Phi) is 6.72. The van der Waals surface area contributed by atoms with Crippen LogP contribution in [0.5, 0.6) is 0 Å². The highest BCUT2D eigenvalue weighted by atomic mass is 32.1. The van der Waals surface area contributed by atoms with Crippen molar-refractivity contribution < 1.29 is 9.59 Å². The van der Waals surface area contributed by atoms with Crippen LogP contribution in [0.25, 0.3) is 10.6 Å². The minimum Gasteiger partial charge on any atom is -0.349 e. The van der Waals surface area contributed by atoms with Crippen LogP contribution >= 0.6 is 11.3 Å². The van der Waals surface area contributed by atoms with Crippen LogP contribution in [0.4, 0.5) is 5.13 Å². The molecule has 2 N–H and O–H groups in total. The molecule has 1 aromatic heterocycles. The van der Waals surface area contributed by atoms with Crippen LogP contribution in [-0.4, -0.2) is 22.0 Å². The van der Waals surface area contributed by atoms with Gasteiger partial charge in [0.15, 0.2) is 0 Å². The zero-order valence-electron chi connectivity index (χ0n) is 16.7. The molecule has 0 fully saturated rings. The number of nitrogens with zero attached hydrogens (tertiary/aromatic N) is 2. The molecule has 1 unspecified atom stereocenters. The van der Waals surface area contributed by atoms with E-state index in [0.29, 0.717) is 11.0 Å². The summed E-state index contributed by atoms with van der Waals surface area (Å²) in [6.07, 6.45) is 0.113. The summed E-state index contributed by atoms with van der Waals surface area (Å²) in [6.45, 7) is 5.74. The van der Waals surface area contributed by atoms with Crippen LogP contribution in [0.1, 0.15) is 50.3 Å². The van der Waals surface area contributed by atoms with E-state index in [2.05, 4.69) is 46.8 Å². The van der Waals surface area contributed by atoms with E-state index in [1.807, 2.05) is 42.5 Å². The summed E-state index contributed by atoms with van der Waals surface area (Å²) in [5.41, 5.74) is 3.10. The molecular weight excluding hydrogens is 384 g/mol. The van der Waals surface area contributed by atoms with E-state index < -0.39 is 6.04 Å². The quantitative estimate of drug-likeness (QED) is 0.601. The van der Waals surface area contributed by atoms with Crippen molar-refractivity contribution in [1.29, 1.82) is 0 Å². The molecule has 150 valence electrons. The van der Waals surface area contributed by atoms with Gasteiger partial charge in [-0.2, -0.15) is 0 Å². The van der Waals surface area contributed by atoms with Crippen LogP contribution < -0.4 is 10.6 Å². The summed E-state index contributed by atoms with van der Waals surface area (Å²) in [6, 6.07) is 17.2. The van der Waals surface area contributed by atoms with Gasteiger partial charge in [-0.25, -0.2) is 0 Å². The summed E-state index contributed by atoms with van der Waals surface area (Å²) in [4.78, 5) is 24.0. The predicted octanol–water partition coefficient (Wildman–Crippen LogP) is 4.53. The monoisotopic (exact) mass is 408 g/mol. The second kappa shape index (κ2) is 9.43. The minimum absolute atomic E-state index is 0.113. The Morgan fingerprint density at radius 3 is 2.28 bits per heavy atom. The van der Waals surface area contributed by atoms with Crippen molar-refractivity contribution in [2.24, 2.45) is 0 Å². The number of amides is 2. The highest BCUT2D eigenvalue weighted by Gasteiger charge is 2.18. The molecule has 0 aliphatic heterocycles. The molecule has 0 bridgehead atoms. The Morgan fingerprint density at radius 2 is 1.66 bits per heavy atom. The van der Waals surface area contributed by atoms with E-state index in [4.69, 9.17) is 0 Å². The molecule has 0 spiro atoms. The van der Waals surface area contributed by atoms with Gasteiger partial charge in [-0.15, -0.1) is 10.2 Å². The number of nitrogens with one attached hydrogen (secondary N) is 2. The number of aromatic nitrogens is 2. The maximum atomic E-state index is 12.5. The Morgan fingerprint density at radius 1 is 0.966 bits per heavy atom. The Labute approximate surface area is 174 Å². The van der Waals surface area contributed by atoms with Gasteiger partial charge in [-0.05, 0) is 17.0 Å². The Balaban J connectivity index is 1.66. The number of benzene rings is 2. The highest BCUT2D eigenvalue weighted by Crippen LogP contribution is 2.28. The number of hydrogen-bond donors (Lipinski definition) is 2. The zero-order chi connectivity index (χ0) is 20.8. The fraction of sp³-hybridized carbons (Fsp3) is 0.273. The summed E-state index contributed by atoms with van der Waals surface area (Å²) in [5.74, 6) is 0.0506. The largest absolute Gasteiger partial charge is 0.349 e. The molecular formula is C22H24N4O2S. The van der Waals surface area contributed by atoms with Crippen LogP contribution in [-0.2, 0) is 9.59 Å². The van der Waals surface area contributed by atoms with Crippen LogP contribution in [0.2, 0.25) is 0 Å². The van der Waals surface area contributed by atoms with E-state index in [1.54, 1.807) is 0 Å². The first-order valence-electron chi connectivity index (χ1n) is 9.48. The number of hydrogen-bond acceptors (Lipinski definition) is 5. The Bertz CT molecular complexity index is 968. The first-order chi connectivity index (χ1) is 13.9. The van der Waals surface area contributed by atoms with E-state index in [9.17, 15) is 9.59 Å². The molecule has 0 saturated carbocycles. The number of carbonyl (C=O) groups excluding carboxylic acids is 2. The van der Waals surface area contributed by atoms with Crippen molar-refractivity contribution in [3.8, 4) is 10.6 Å². The van der Waals surface area contributed by atoms with Gasteiger partial charge < -0.3 is 10.6 Å². The predicted molar refractivity (Wildman–Crippen MR) is 116 cm³/mol. The third-order valence-electron chi connectivity index (χ3n) is 4.46. The Hall–Kier alpha value is -3.06. The fourth-order valence-corrected chi connectivity index (χ4v) is 3.70. The summed E-state index contributed by atoms with van der Waals surface area (Å²) >= 11 is 1.32. The molecule has 3 aromatic rings. The molecule has 2 amide bonds. The highest BCUT2D eigenvalue weighted by molar-refractivity contribution is 7.18. The molecule has 2 aromatic carbocycles. The lowest BCUT2D eigenvalue weighted by Gasteiger charge is -2.17. The van der Waals surface area contributed by atoms with Gasteiger partial charge in [0, 0.05) is 12.5 Å². The van der Waals surface area contributed by atoms with Crippen molar-refractivity contribution in [3.63, 3.8) is 0 Å². The van der Waals surface area contributed by atoms with Crippen molar-refractivity contribution in [3.05, 3.63) is 65.7 Å². The van der Waals surface area contributed by atoms with E-state index >= 15 is 0 Å². The maximum Gasteiger partial charge on any atom is 0.228 e. The van der Waals surface area contributed by atoms with Gasteiger partial charge in [-0.1, -0.05) is 79.8 Å². The van der Waals surface area contributed by atoms with Crippen molar-refractivity contribution in [1.82, 2.24) is 15.5 Å². The molecule has 0 aliphatic carbocycles. The average Bonchev–Trinajstić information content (AvgIpc) is 3.16. The molecule has 3 rings (SSSR count). The smallest absolute Gasteiger partial charge is 0.228 e. The van der Waals surface area contributed by atoms with E-state index in [-0.39, 0.29) is 18.2 Å². The molecule has 1 atom stereocenters. The topological polar surface area (TPSA) is 84.0 Å².